The smallest absolute Gasteiger partial charge is 0.240 e. The summed E-state index contributed by atoms with van der Waals surface area (Å²) in [6.07, 6.45) is 1.59. The van der Waals surface area contributed by atoms with Gasteiger partial charge in [-0.25, -0.2) is 4.39 Å². The van der Waals surface area contributed by atoms with Gasteiger partial charge in [-0.1, -0.05) is 12.1 Å². The Hall–Kier alpha value is -3.85. The van der Waals surface area contributed by atoms with Crippen molar-refractivity contribution in [2.75, 3.05) is 45.3 Å². The van der Waals surface area contributed by atoms with Crippen molar-refractivity contribution in [3.05, 3.63) is 88.1 Å². The third kappa shape index (κ3) is 6.42. The van der Waals surface area contributed by atoms with Crippen LogP contribution in [0.4, 0.5) is 10.1 Å². The first-order valence-electron chi connectivity index (χ1n) is 11.8. The Morgan fingerprint density at radius 3 is 2.31 bits per heavy atom. The number of hydrogen-bond acceptors (Lipinski definition) is 6. The lowest BCUT2D eigenvalue weighted by atomic mass is 10.2. The van der Waals surface area contributed by atoms with Crippen molar-refractivity contribution in [1.29, 1.82) is 0 Å². The lowest BCUT2D eigenvalue weighted by Crippen LogP contribution is -2.46. The number of benzene rings is 2. The highest BCUT2D eigenvalue weighted by Crippen LogP contribution is 2.21. The highest BCUT2D eigenvalue weighted by molar-refractivity contribution is 5.75. The maximum Gasteiger partial charge on any atom is 0.240 e. The fraction of sp³-hybridized carbons (Fsp3) is 0.333. The Morgan fingerprint density at radius 2 is 1.67 bits per heavy atom. The number of pyridine rings is 1. The van der Waals surface area contributed by atoms with Gasteiger partial charge in [0.05, 0.1) is 20.4 Å². The van der Waals surface area contributed by atoms with Gasteiger partial charge in [0.2, 0.25) is 11.3 Å². The summed E-state index contributed by atoms with van der Waals surface area (Å²) in [6, 6.07) is 15.6. The second-order valence-electron chi connectivity index (χ2n) is 8.69. The van der Waals surface area contributed by atoms with Gasteiger partial charge in [0.1, 0.15) is 18.1 Å². The molecule has 0 atom stereocenters. The standard InChI is InChI=1S/C27H31FN4O4/c1-35-24-9-7-22(8-10-24)31-13-11-30(12-14-31)17-23-15-25(33)26(36-2)18-32(23)19-27(34)29-16-20-3-5-21(28)6-4-20/h3-10,15,18H,11-14,16-17,19H2,1-2H3,(H,29,34). The van der Waals surface area contributed by atoms with E-state index in [1.54, 1.807) is 36.1 Å². The number of rotatable bonds is 9. The summed E-state index contributed by atoms with van der Waals surface area (Å²) in [5, 5.41) is 2.85. The molecule has 1 saturated heterocycles. The molecule has 1 N–H and O–H groups in total. The molecule has 1 amide bonds. The van der Waals surface area contributed by atoms with Gasteiger partial charge < -0.3 is 24.3 Å². The first-order valence-corrected chi connectivity index (χ1v) is 11.8. The molecule has 4 rings (SSSR count). The summed E-state index contributed by atoms with van der Waals surface area (Å²) >= 11 is 0. The van der Waals surface area contributed by atoms with Crippen LogP contribution in [0.5, 0.6) is 11.5 Å². The van der Waals surface area contributed by atoms with Crippen molar-refractivity contribution in [2.45, 2.75) is 19.6 Å². The van der Waals surface area contributed by atoms with E-state index in [-0.39, 0.29) is 29.4 Å². The van der Waals surface area contributed by atoms with Crippen LogP contribution in [0.1, 0.15) is 11.3 Å². The summed E-state index contributed by atoms with van der Waals surface area (Å²) in [5.74, 6) is 0.487. The van der Waals surface area contributed by atoms with Crippen LogP contribution in [0.15, 0.2) is 65.6 Å². The summed E-state index contributed by atoms with van der Waals surface area (Å²) in [5.41, 5.74) is 2.48. The molecule has 1 aromatic heterocycles. The van der Waals surface area contributed by atoms with Crippen molar-refractivity contribution in [2.24, 2.45) is 0 Å². The molecule has 2 heterocycles. The van der Waals surface area contributed by atoms with E-state index in [4.69, 9.17) is 9.47 Å². The summed E-state index contributed by atoms with van der Waals surface area (Å²) in [6.45, 7) is 4.22. The number of ether oxygens (including phenoxy) is 2. The van der Waals surface area contributed by atoms with Crippen LogP contribution >= 0.6 is 0 Å². The number of anilines is 1. The minimum Gasteiger partial charge on any atom is -0.497 e. The van der Waals surface area contributed by atoms with E-state index >= 15 is 0 Å². The third-order valence-corrected chi connectivity index (χ3v) is 6.31. The molecule has 9 heteroatoms. The minimum atomic E-state index is -0.320. The van der Waals surface area contributed by atoms with E-state index in [1.807, 2.05) is 12.1 Å². The van der Waals surface area contributed by atoms with Gasteiger partial charge in [-0.3, -0.25) is 14.5 Å². The van der Waals surface area contributed by atoms with E-state index in [2.05, 4.69) is 27.2 Å². The molecule has 1 aliphatic rings. The van der Waals surface area contributed by atoms with Gasteiger partial charge in [-0.2, -0.15) is 0 Å². The largest absolute Gasteiger partial charge is 0.497 e. The Balaban J connectivity index is 1.39. The lowest BCUT2D eigenvalue weighted by Gasteiger charge is -2.36. The van der Waals surface area contributed by atoms with Gasteiger partial charge in [-0.05, 0) is 42.0 Å². The molecule has 1 fully saturated rings. The molecule has 2 aromatic carbocycles. The number of methoxy groups -OCH3 is 2. The molecule has 0 spiro atoms. The Kier molecular flexibility index (Phi) is 8.22. The molecule has 1 aliphatic heterocycles. The van der Waals surface area contributed by atoms with E-state index in [9.17, 15) is 14.0 Å². The highest BCUT2D eigenvalue weighted by atomic mass is 19.1. The van der Waals surface area contributed by atoms with Crippen molar-refractivity contribution < 1.29 is 18.7 Å². The molecule has 3 aromatic rings. The predicted octanol–water partition coefficient (Wildman–Crippen LogP) is 2.64. The number of nitrogens with zero attached hydrogens (tertiary/aromatic N) is 3. The zero-order valence-corrected chi connectivity index (χ0v) is 20.6. The zero-order chi connectivity index (χ0) is 25.5. The lowest BCUT2D eigenvalue weighted by molar-refractivity contribution is -0.121. The maximum atomic E-state index is 13.1. The average Bonchev–Trinajstić information content (AvgIpc) is 2.90. The molecule has 8 nitrogen and oxygen atoms in total. The van der Waals surface area contributed by atoms with Gasteiger partial charge in [-0.15, -0.1) is 0 Å². The summed E-state index contributed by atoms with van der Waals surface area (Å²) in [7, 11) is 3.09. The Morgan fingerprint density at radius 1 is 0.972 bits per heavy atom. The number of aromatic nitrogens is 1. The molecule has 0 aliphatic carbocycles. The normalized spacial score (nSPS) is 13.9. The quantitative estimate of drug-likeness (QED) is 0.493. The molecule has 0 radical (unpaired) electrons. The number of nitrogens with one attached hydrogen (secondary N) is 1. The number of piperazine rings is 1. The molecule has 0 saturated carbocycles. The minimum absolute atomic E-state index is 0.0407. The Labute approximate surface area is 209 Å². The summed E-state index contributed by atoms with van der Waals surface area (Å²) in [4.78, 5) is 29.7. The van der Waals surface area contributed by atoms with Crippen LogP contribution < -0.4 is 25.1 Å². The highest BCUT2D eigenvalue weighted by Gasteiger charge is 2.20. The molecule has 36 heavy (non-hydrogen) atoms. The number of hydrogen-bond donors (Lipinski definition) is 1. The molecule has 0 bridgehead atoms. The molecular formula is C27H31FN4O4. The second kappa shape index (κ2) is 11.7. The average molecular weight is 495 g/mol. The first kappa shape index (κ1) is 25.2. The number of halogens is 1. The van der Waals surface area contributed by atoms with Crippen LogP contribution in [-0.2, 0) is 24.4 Å². The number of amides is 1. The van der Waals surface area contributed by atoms with Crippen LogP contribution in [0.3, 0.4) is 0 Å². The van der Waals surface area contributed by atoms with Crippen LogP contribution in [0.25, 0.3) is 0 Å². The van der Waals surface area contributed by atoms with Gasteiger partial charge in [0.15, 0.2) is 5.75 Å². The third-order valence-electron chi connectivity index (χ3n) is 6.31. The van der Waals surface area contributed by atoms with Crippen molar-refractivity contribution in [3.63, 3.8) is 0 Å². The molecule has 0 unspecified atom stereocenters. The monoisotopic (exact) mass is 494 g/mol. The summed E-state index contributed by atoms with van der Waals surface area (Å²) < 4.78 is 25.3. The van der Waals surface area contributed by atoms with Gasteiger partial charge in [0.25, 0.3) is 0 Å². The first-order chi connectivity index (χ1) is 17.4. The van der Waals surface area contributed by atoms with Gasteiger partial charge in [0, 0.05) is 56.7 Å². The van der Waals surface area contributed by atoms with E-state index in [0.717, 1.165) is 48.9 Å². The maximum absolute atomic E-state index is 13.1. The Bertz CT molecular complexity index is 1220. The fourth-order valence-corrected chi connectivity index (χ4v) is 4.23. The van der Waals surface area contributed by atoms with E-state index in [0.29, 0.717) is 13.1 Å². The predicted molar refractivity (Wildman–Crippen MR) is 136 cm³/mol. The van der Waals surface area contributed by atoms with Crippen LogP contribution in [-0.4, -0.2) is 55.8 Å². The van der Waals surface area contributed by atoms with Crippen molar-refractivity contribution >= 4 is 11.6 Å². The molecular weight excluding hydrogens is 463 g/mol. The van der Waals surface area contributed by atoms with Crippen molar-refractivity contribution in [1.82, 2.24) is 14.8 Å². The van der Waals surface area contributed by atoms with Gasteiger partial charge >= 0.3 is 0 Å². The topological polar surface area (TPSA) is 76.0 Å². The van der Waals surface area contributed by atoms with E-state index < -0.39 is 0 Å². The van der Waals surface area contributed by atoms with Crippen molar-refractivity contribution in [3.8, 4) is 11.5 Å². The zero-order valence-electron chi connectivity index (χ0n) is 20.6. The second-order valence-corrected chi connectivity index (χ2v) is 8.69. The van der Waals surface area contributed by atoms with E-state index in [1.165, 1.54) is 19.2 Å². The molecule has 190 valence electrons. The number of carbonyl (C=O) groups excluding carboxylic acids is 1. The van der Waals surface area contributed by atoms with Crippen LogP contribution in [0, 0.1) is 5.82 Å². The number of carbonyl (C=O) groups is 1. The SMILES string of the molecule is COc1ccc(N2CCN(Cc3cc(=O)c(OC)cn3CC(=O)NCc3ccc(F)cc3)CC2)cc1. The fourth-order valence-electron chi connectivity index (χ4n) is 4.23. The van der Waals surface area contributed by atoms with Crippen LogP contribution in [0.2, 0.25) is 0 Å².